The molecular weight excluding hydrogens is 396 g/mol. The molecule has 1 aliphatic carbocycles. The van der Waals surface area contributed by atoms with Crippen LogP contribution in [0, 0.1) is 10.1 Å². The smallest absolute Gasteiger partial charge is 0.337 e. The van der Waals surface area contributed by atoms with Gasteiger partial charge < -0.3 is 10.1 Å². The molecule has 158 valence electrons. The van der Waals surface area contributed by atoms with Crippen molar-refractivity contribution in [3.8, 4) is 0 Å². The number of ketones is 1. The molecule has 1 atom stereocenters. The van der Waals surface area contributed by atoms with Gasteiger partial charge >= 0.3 is 5.97 Å². The van der Waals surface area contributed by atoms with Gasteiger partial charge in [-0.3, -0.25) is 14.9 Å². The van der Waals surface area contributed by atoms with E-state index in [4.69, 9.17) is 4.74 Å². The standard InChI is InChI=1S/C24H22N2O5/c1-15-21(24(28)31-14-16-7-3-2-4-8-16)22(17-9-5-10-18(13-17)26(29)30)23-19(25-15)11-6-12-20(23)27/h2-5,7-10,13,22,25H,6,11-12,14H2,1H3/t22-/m1/s1. The van der Waals surface area contributed by atoms with E-state index in [1.54, 1.807) is 19.1 Å². The monoisotopic (exact) mass is 418 g/mol. The van der Waals surface area contributed by atoms with E-state index in [1.165, 1.54) is 12.1 Å². The molecule has 1 N–H and O–H groups in total. The number of benzene rings is 2. The lowest BCUT2D eigenvalue weighted by Gasteiger charge is -2.34. The first kappa shape index (κ1) is 20.5. The number of allylic oxidation sites excluding steroid dienone is 3. The number of ether oxygens (including phenoxy) is 1. The van der Waals surface area contributed by atoms with Gasteiger partial charge in [-0.25, -0.2) is 4.79 Å². The highest BCUT2D eigenvalue weighted by Crippen LogP contribution is 2.43. The van der Waals surface area contributed by atoms with Crippen LogP contribution in [0.3, 0.4) is 0 Å². The van der Waals surface area contributed by atoms with Crippen LogP contribution in [0.1, 0.15) is 43.2 Å². The zero-order chi connectivity index (χ0) is 22.0. The van der Waals surface area contributed by atoms with E-state index in [0.717, 1.165) is 17.7 Å². The maximum absolute atomic E-state index is 13.2. The van der Waals surface area contributed by atoms with E-state index in [-0.39, 0.29) is 18.1 Å². The molecule has 7 nitrogen and oxygen atoms in total. The Morgan fingerprint density at radius 2 is 1.94 bits per heavy atom. The van der Waals surface area contributed by atoms with Gasteiger partial charge in [-0.15, -0.1) is 0 Å². The fourth-order valence-electron chi connectivity index (χ4n) is 4.21. The van der Waals surface area contributed by atoms with Gasteiger partial charge in [0.1, 0.15) is 6.61 Å². The number of nitro groups is 1. The molecule has 0 aromatic heterocycles. The van der Waals surface area contributed by atoms with Crippen LogP contribution in [-0.2, 0) is 20.9 Å². The summed E-state index contributed by atoms with van der Waals surface area (Å²) in [5.41, 5.74) is 3.49. The topological polar surface area (TPSA) is 98.5 Å². The fourth-order valence-corrected chi connectivity index (χ4v) is 4.21. The number of nitrogens with one attached hydrogen (secondary N) is 1. The lowest BCUT2D eigenvalue weighted by molar-refractivity contribution is -0.384. The largest absolute Gasteiger partial charge is 0.457 e. The van der Waals surface area contributed by atoms with E-state index in [0.29, 0.717) is 35.2 Å². The Bertz CT molecular complexity index is 1120. The highest BCUT2D eigenvalue weighted by atomic mass is 16.6. The van der Waals surface area contributed by atoms with Crippen LogP contribution in [0.15, 0.2) is 77.1 Å². The Kier molecular flexibility index (Phi) is 5.66. The summed E-state index contributed by atoms with van der Waals surface area (Å²) in [6, 6.07) is 15.4. The number of non-ortho nitro benzene ring substituents is 1. The molecular formula is C24H22N2O5. The third kappa shape index (κ3) is 4.12. The third-order valence-electron chi connectivity index (χ3n) is 5.62. The Morgan fingerprint density at radius 1 is 1.16 bits per heavy atom. The zero-order valence-electron chi connectivity index (χ0n) is 17.1. The molecule has 4 rings (SSSR count). The van der Waals surface area contributed by atoms with Gasteiger partial charge in [-0.05, 0) is 30.9 Å². The van der Waals surface area contributed by atoms with Crippen molar-refractivity contribution >= 4 is 17.4 Å². The highest BCUT2D eigenvalue weighted by molar-refractivity contribution is 6.03. The molecule has 1 aliphatic heterocycles. The number of rotatable bonds is 5. The van der Waals surface area contributed by atoms with Gasteiger partial charge in [-0.1, -0.05) is 42.5 Å². The van der Waals surface area contributed by atoms with Gasteiger partial charge in [0, 0.05) is 41.4 Å². The zero-order valence-corrected chi connectivity index (χ0v) is 17.1. The molecule has 1 heterocycles. The quantitative estimate of drug-likeness (QED) is 0.441. The molecule has 0 amide bonds. The summed E-state index contributed by atoms with van der Waals surface area (Å²) < 4.78 is 5.58. The number of nitrogens with zero attached hydrogens (tertiary/aromatic N) is 1. The average Bonchev–Trinajstić information content (AvgIpc) is 2.77. The number of carbonyl (C=O) groups excluding carboxylic acids is 2. The highest BCUT2D eigenvalue weighted by Gasteiger charge is 2.39. The maximum atomic E-state index is 13.2. The molecule has 7 heteroatoms. The number of esters is 1. The summed E-state index contributed by atoms with van der Waals surface area (Å²) in [6.45, 7) is 1.87. The van der Waals surface area contributed by atoms with Crippen LogP contribution < -0.4 is 5.32 Å². The molecule has 0 spiro atoms. The summed E-state index contributed by atoms with van der Waals surface area (Å²) in [5.74, 6) is -1.30. The summed E-state index contributed by atoms with van der Waals surface area (Å²) in [7, 11) is 0. The summed E-state index contributed by atoms with van der Waals surface area (Å²) in [6.07, 6.45) is 1.81. The van der Waals surface area contributed by atoms with Crippen molar-refractivity contribution < 1.29 is 19.2 Å². The molecule has 0 unspecified atom stereocenters. The van der Waals surface area contributed by atoms with Crippen molar-refractivity contribution in [2.45, 2.75) is 38.7 Å². The molecule has 2 aromatic rings. The first-order chi connectivity index (χ1) is 15.0. The maximum Gasteiger partial charge on any atom is 0.337 e. The van der Waals surface area contributed by atoms with Crippen molar-refractivity contribution in [2.24, 2.45) is 0 Å². The minimum absolute atomic E-state index is 0.0499. The molecule has 0 saturated heterocycles. The average molecular weight is 418 g/mol. The Labute approximate surface area is 179 Å². The lowest BCUT2D eigenvalue weighted by Crippen LogP contribution is -2.34. The summed E-state index contributed by atoms with van der Waals surface area (Å²) in [5, 5.41) is 14.6. The first-order valence-electron chi connectivity index (χ1n) is 10.1. The van der Waals surface area contributed by atoms with Gasteiger partial charge in [0.05, 0.1) is 10.5 Å². The second-order valence-corrected chi connectivity index (χ2v) is 7.68. The minimum Gasteiger partial charge on any atom is -0.457 e. The van der Waals surface area contributed by atoms with Crippen LogP contribution in [-0.4, -0.2) is 16.7 Å². The van der Waals surface area contributed by atoms with Gasteiger partial charge in [-0.2, -0.15) is 0 Å². The van der Waals surface area contributed by atoms with Gasteiger partial charge in [0.15, 0.2) is 5.78 Å². The number of nitro benzene ring substituents is 1. The molecule has 0 saturated carbocycles. The van der Waals surface area contributed by atoms with E-state index in [2.05, 4.69) is 5.32 Å². The minimum atomic E-state index is -0.702. The van der Waals surface area contributed by atoms with Gasteiger partial charge in [0.25, 0.3) is 5.69 Å². The summed E-state index contributed by atoms with van der Waals surface area (Å²) >= 11 is 0. The number of Topliss-reactive ketones (excluding diaryl/α,β-unsaturated/α-hetero) is 1. The molecule has 0 radical (unpaired) electrons. The van der Waals surface area contributed by atoms with E-state index in [9.17, 15) is 19.7 Å². The Balaban J connectivity index is 1.74. The van der Waals surface area contributed by atoms with Crippen molar-refractivity contribution in [1.29, 1.82) is 0 Å². The SMILES string of the molecule is CC1=C(C(=O)OCc2ccccc2)[C@@H](c2cccc([N+](=O)[O-])c2)C2=C(CCCC2=O)N1. The molecule has 31 heavy (non-hydrogen) atoms. The van der Waals surface area contributed by atoms with Crippen molar-refractivity contribution in [3.05, 3.63) is 98.4 Å². The third-order valence-corrected chi connectivity index (χ3v) is 5.62. The van der Waals surface area contributed by atoms with Crippen molar-refractivity contribution in [3.63, 3.8) is 0 Å². The molecule has 0 bridgehead atoms. The normalized spacial score (nSPS) is 18.4. The van der Waals surface area contributed by atoms with Crippen LogP contribution in [0.2, 0.25) is 0 Å². The van der Waals surface area contributed by atoms with E-state index in [1.807, 2.05) is 30.3 Å². The molecule has 2 aromatic carbocycles. The van der Waals surface area contributed by atoms with Crippen LogP contribution >= 0.6 is 0 Å². The van der Waals surface area contributed by atoms with Gasteiger partial charge in [0.2, 0.25) is 0 Å². The second-order valence-electron chi connectivity index (χ2n) is 7.68. The van der Waals surface area contributed by atoms with Crippen molar-refractivity contribution in [2.75, 3.05) is 0 Å². The molecule has 2 aliphatic rings. The second kappa shape index (κ2) is 8.55. The van der Waals surface area contributed by atoms with Crippen molar-refractivity contribution in [1.82, 2.24) is 5.32 Å². The fraction of sp³-hybridized carbons (Fsp3) is 0.250. The number of dihydropyridines is 1. The number of hydrogen-bond acceptors (Lipinski definition) is 6. The van der Waals surface area contributed by atoms with E-state index < -0.39 is 16.8 Å². The van der Waals surface area contributed by atoms with E-state index >= 15 is 0 Å². The number of hydrogen-bond donors (Lipinski definition) is 1. The lowest BCUT2D eigenvalue weighted by atomic mass is 9.75. The van der Waals surface area contributed by atoms with Crippen LogP contribution in [0.4, 0.5) is 5.69 Å². The first-order valence-corrected chi connectivity index (χ1v) is 10.1. The summed E-state index contributed by atoms with van der Waals surface area (Å²) in [4.78, 5) is 36.9. The predicted octanol–water partition coefficient (Wildman–Crippen LogP) is 4.31. The molecule has 0 fully saturated rings. The number of carbonyl (C=O) groups is 2. The Morgan fingerprint density at radius 3 is 2.68 bits per heavy atom. The Hall–Kier alpha value is -3.74. The van der Waals surface area contributed by atoms with Crippen LogP contribution in [0.25, 0.3) is 0 Å². The predicted molar refractivity (Wildman–Crippen MR) is 114 cm³/mol. The van der Waals surface area contributed by atoms with Crippen LogP contribution in [0.5, 0.6) is 0 Å².